The average molecular weight is 405 g/mol. The molecule has 1 rings (SSSR count). The number of aliphatic hydroxyl groups is 4. The maximum atomic E-state index is 11.6. The lowest BCUT2D eigenvalue weighted by atomic mass is 9.70. The second-order valence-electron chi connectivity index (χ2n) is 12.8. The van der Waals surface area contributed by atoms with Crippen molar-refractivity contribution in [3.8, 4) is 0 Å². The summed E-state index contributed by atoms with van der Waals surface area (Å²) in [5.74, 6) is -4.14. The average Bonchev–Trinajstić information content (AvgIpc) is 2.43. The molecule has 1 aliphatic heterocycles. The molecule has 1 heterocycles. The molecule has 0 amide bonds. The fourth-order valence-electron chi connectivity index (χ4n) is 3.92. The topological polar surface area (TPSA) is 99.4 Å². The highest BCUT2D eigenvalue weighted by Gasteiger charge is 2.67. The minimum atomic E-state index is -2.07. The van der Waals surface area contributed by atoms with E-state index in [0.29, 0.717) is 0 Å². The number of hydrogen-bond acceptors (Lipinski definition) is 6. The molecule has 0 bridgehead atoms. The summed E-state index contributed by atoms with van der Waals surface area (Å²) in [6.45, 7) is 21.8. The van der Waals surface area contributed by atoms with Crippen LogP contribution >= 0.6 is 0 Å². The van der Waals surface area contributed by atoms with Crippen molar-refractivity contribution in [2.24, 2.45) is 21.7 Å². The molecule has 0 aromatic carbocycles. The molecule has 1 aliphatic rings. The van der Waals surface area contributed by atoms with E-state index < -0.39 is 57.7 Å². The third-order valence-corrected chi connectivity index (χ3v) is 5.36. The third kappa shape index (κ3) is 4.73. The van der Waals surface area contributed by atoms with Gasteiger partial charge in [0.1, 0.15) is 24.4 Å². The molecule has 0 aromatic heterocycles. The minimum Gasteiger partial charge on any atom is -0.387 e. The molecule has 28 heavy (non-hydrogen) atoms. The maximum Gasteiger partial charge on any atom is 0.220 e. The lowest BCUT2D eigenvalue weighted by molar-refractivity contribution is -0.485. The summed E-state index contributed by atoms with van der Waals surface area (Å²) < 4.78 is 12.3. The first-order valence-corrected chi connectivity index (χ1v) is 10.2. The van der Waals surface area contributed by atoms with Crippen LogP contribution < -0.4 is 0 Å². The fourth-order valence-corrected chi connectivity index (χ4v) is 3.92. The first-order chi connectivity index (χ1) is 12.0. The summed E-state index contributed by atoms with van der Waals surface area (Å²) in [5, 5.41) is 45.4. The van der Waals surface area contributed by atoms with Gasteiger partial charge in [-0.25, -0.2) is 0 Å². The van der Waals surface area contributed by atoms with Crippen LogP contribution in [0, 0.1) is 21.7 Å². The summed E-state index contributed by atoms with van der Waals surface area (Å²) in [6.07, 6.45) is -4.75. The van der Waals surface area contributed by atoms with Gasteiger partial charge in [-0.2, -0.15) is 0 Å². The van der Waals surface area contributed by atoms with E-state index in [2.05, 4.69) is 0 Å². The van der Waals surface area contributed by atoms with Crippen LogP contribution in [0.25, 0.3) is 0 Å². The fraction of sp³-hybridized carbons (Fsp3) is 1.00. The van der Waals surface area contributed by atoms with E-state index in [1.807, 2.05) is 41.5 Å². The zero-order valence-electron chi connectivity index (χ0n) is 19.9. The predicted molar refractivity (Wildman–Crippen MR) is 109 cm³/mol. The van der Waals surface area contributed by atoms with Crippen molar-refractivity contribution in [2.45, 2.75) is 119 Å². The summed E-state index contributed by atoms with van der Waals surface area (Å²) in [5.41, 5.74) is -2.81. The molecule has 1 fully saturated rings. The zero-order chi connectivity index (χ0) is 22.7. The van der Waals surface area contributed by atoms with Gasteiger partial charge in [0.2, 0.25) is 11.6 Å². The summed E-state index contributed by atoms with van der Waals surface area (Å²) in [4.78, 5) is 0. The van der Waals surface area contributed by atoms with Crippen molar-refractivity contribution >= 4 is 0 Å². The molecule has 6 heteroatoms. The van der Waals surface area contributed by atoms with Gasteiger partial charge in [-0.15, -0.1) is 0 Å². The summed E-state index contributed by atoms with van der Waals surface area (Å²) >= 11 is 0. The van der Waals surface area contributed by atoms with Gasteiger partial charge in [0.05, 0.1) is 0 Å². The van der Waals surface area contributed by atoms with Crippen LogP contribution in [0.4, 0.5) is 0 Å². The Kier molecular flexibility index (Phi) is 6.61. The van der Waals surface area contributed by atoms with Crippen molar-refractivity contribution < 1.29 is 29.9 Å². The Morgan fingerprint density at radius 2 is 0.786 bits per heavy atom. The predicted octanol–water partition coefficient (Wildman–Crippen LogP) is 3.05. The molecule has 168 valence electrons. The van der Waals surface area contributed by atoms with Gasteiger partial charge in [-0.05, 0) is 21.7 Å². The zero-order valence-corrected chi connectivity index (χ0v) is 19.9. The SMILES string of the molecule is CC(C)(C)C(O)C1(O)OC(C(C)(C)C)C(O)(C(O)C(C)(C)C)OC1C(C)(C)C. The van der Waals surface area contributed by atoms with Gasteiger partial charge in [0.15, 0.2) is 0 Å². The van der Waals surface area contributed by atoms with Crippen LogP contribution in [0.5, 0.6) is 0 Å². The molecule has 6 nitrogen and oxygen atoms in total. The number of ether oxygens (including phenoxy) is 2. The lowest BCUT2D eigenvalue weighted by Crippen LogP contribution is -2.77. The van der Waals surface area contributed by atoms with E-state index in [1.165, 1.54) is 0 Å². The second-order valence-corrected chi connectivity index (χ2v) is 12.8. The van der Waals surface area contributed by atoms with Crippen LogP contribution in [-0.4, -0.2) is 56.4 Å². The van der Waals surface area contributed by atoms with E-state index in [-0.39, 0.29) is 0 Å². The van der Waals surface area contributed by atoms with Crippen LogP contribution in [0.3, 0.4) is 0 Å². The summed E-state index contributed by atoms with van der Waals surface area (Å²) in [7, 11) is 0. The molecule has 0 radical (unpaired) electrons. The Morgan fingerprint density at radius 3 is 0.929 bits per heavy atom. The number of rotatable bonds is 2. The quantitative estimate of drug-likeness (QED) is 0.565. The molecule has 0 spiro atoms. The first-order valence-electron chi connectivity index (χ1n) is 10.2. The maximum absolute atomic E-state index is 11.6. The molecule has 0 aromatic rings. The Labute approximate surface area is 171 Å². The van der Waals surface area contributed by atoms with E-state index in [4.69, 9.17) is 9.47 Å². The van der Waals surface area contributed by atoms with Gasteiger partial charge in [0.25, 0.3) is 0 Å². The largest absolute Gasteiger partial charge is 0.387 e. The smallest absolute Gasteiger partial charge is 0.220 e. The van der Waals surface area contributed by atoms with Crippen molar-refractivity contribution in [2.75, 3.05) is 0 Å². The Morgan fingerprint density at radius 1 is 0.571 bits per heavy atom. The molecular weight excluding hydrogens is 360 g/mol. The molecule has 0 saturated carbocycles. The van der Waals surface area contributed by atoms with Gasteiger partial charge in [-0.3, -0.25) is 0 Å². The van der Waals surface area contributed by atoms with Crippen molar-refractivity contribution in [1.82, 2.24) is 0 Å². The second kappa shape index (κ2) is 7.17. The van der Waals surface area contributed by atoms with Crippen LogP contribution in [0.15, 0.2) is 0 Å². The van der Waals surface area contributed by atoms with Crippen LogP contribution in [0.1, 0.15) is 83.1 Å². The monoisotopic (exact) mass is 404 g/mol. The normalized spacial score (nSPS) is 35.6. The Hall–Kier alpha value is -0.240. The van der Waals surface area contributed by atoms with E-state index in [9.17, 15) is 20.4 Å². The Balaban J connectivity index is 3.69. The van der Waals surface area contributed by atoms with Crippen LogP contribution in [0.2, 0.25) is 0 Å². The van der Waals surface area contributed by atoms with E-state index in [1.54, 1.807) is 41.5 Å². The third-order valence-electron chi connectivity index (χ3n) is 5.36. The van der Waals surface area contributed by atoms with Crippen molar-refractivity contribution in [1.29, 1.82) is 0 Å². The van der Waals surface area contributed by atoms with Crippen molar-refractivity contribution in [3.63, 3.8) is 0 Å². The molecule has 6 atom stereocenters. The molecule has 6 unspecified atom stereocenters. The lowest BCUT2D eigenvalue weighted by Gasteiger charge is -2.61. The molecule has 0 aliphatic carbocycles. The van der Waals surface area contributed by atoms with Gasteiger partial charge < -0.3 is 29.9 Å². The van der Waals surface area contributed by atoms with Crippen LogP contribution in [-0.2, 0) is 9.47 Å². The van der Waals surface area contributed by atoms with E-state index >= 15 is 0 Å². The highest BCUT2D eigenvalue weighted by atomic mass is 16.8. The highest BCUT2D eigenvalue weighted by Crippen LogP contribution is 2.51. The standard InChI is InChI=1S/C22H44O6/c1-17(2,3)13(23)21(25)15(19(7,8)9)28-22(26,14(24)18(4,5)6)16(27-21)20(10,11)12/h13-16,23-26H,1-12H3. The van der Waals surface area contributed by atoms with Gasteiger partial charge >= 0.3 is 0 Å². The molecule has 4 N–H and O–H groups in total. The number of hydrogen-bond donors (Lipinski definition) is 4. The minimum absolute atomic E-state index is 0.699. The van der Waals surface area contributed by atoms with Crippen molar-refractivity contribution in [3.05, 3.63) is 0 Å². The highest BCUT2D eigenvalue weighted by molar-refractivity contribution is 5.08. The molecule has 1 saturated heterocycles. The van der Waals surface area contributed by atoms with Gasteiger partial charge in [0, 0.05) is 0 Å². The van der Waals surface area contributed by atoms with E-state index in [0.717, 1.165) is 0 Å². The summed E-state index contributed by atoms with van der Waals surface area (Å²) in [6, 6.07) is 0. The number of aliphatic hydroxyl groups excluding tert-OH is 2. The first kappa shape index (κ1) is 25.8. The molecular formula is C22H44O6. The van der Waals surface area contributed by atoms with Gasteiger partial charge in [-0.1, -0.05) is 83.1 Å². The Bertz CT molecular complexity index is 497.